The number of hydrogen-bond donors (Lipinski definition) is 0. The molecular weight excluding hydrogens is 293 g/mol. The molecule has 0 unspecified atom stereocenters. The maximum absolute atomic E-state index is 12.6. The third kappa shape index (κ3) is 4.35. The highest BCUT2D eigenvalue weighted by molar-refractivity contribution is 5.79. The van der Waals surface area contributed by atoms with E-state index in [-0.39, 0.29) is 6.61 Å². The van der Waals surface area contributed by atoms with Gasteiger partial charge in [-0.2, -0.15) is 18.4 Å². The Balaban J connectivity index is 1.96. The molecule has 0 saturated carbocycles. The molecule has 0 bridgehead atoms. The number of halogens is 3. The maximum Gasteiger partial charge on any atom is 0.416 e. The van der Waals surface area contributed by atoms with Gasteiger partial charge in [0.2, 0.25) is 0 Å². The van der Waals surface area contributed by atoms with Crippen LogP contribution >= 0.6 is 0 Å². The molecule has 0 radical (unpaired) electrons. The highest BCUT2D eigenvalue weighted by atomic mass is 19.4. The lowest BCUT2D eigenvalue weighted by atomic mass is 10.1. The van der Waals surface area contributed by atoms with Crippen molar-refractivity contribution in [3.8, 4) is 6.07 Å². The molecule has 0 atom stereocenters. The quantitative estimate of drug-likeness (QED) is 0.630. The minimum Gasteiger partial charge on any atom is -0.391 e. The molecule has 2 rings (SSSR count). The number of nitrogens with zero attached hydrogens (tertiary/aromatic N) is 2. The second kappa shape index (κ2) is 6.76. The summed E-state index contributed by atoms with van der Waals surface area (Å²) in [7, 11) is 0. The van der Waals surface area contributed by atoms with E-state index in [0.717, 1.165) is 12.1 Å². The summed E-state index contributed by atoms with van der Waals surface area (Å²) < 4.78 is 37.7. The maximum atomic E-state index is 12.6. The first kappa shape index (κ1) is 15.6. The van der Waals surface area contributed by atoms with Gasteiger partial charge < -0.3 is 4.84 Å². The van der Waals surface area contributed by atoms with Crippen molar-refractivity contribution in [2.75, 3.05) is 0 Å². The fraction of sp³-hybridized carbons (Fsp3) is 0.125. The lowest BCUT2D eigenvalue weighted by Gasteiger charge is -2.07. The van der Waals surface area contributed by atoms with Crippen molar-refractivity contribution in [1.29, 1.82) is 5.26 Å². The van der Waals surface area contributed by atoms with Crippen LogP contribution in [0.1, 0.15) is 22.3 Å². The molecule has 0 aliphatic heterocycles. The van der Waals surface area contributed by atoms with Crippen LogP contribution in [-0.2, 0) is 17.6 Å². The van der Waals surface area contributed by atoms with Crippen molar-refractivity contribution < 1.29 is 18.0 Å². The molecular formula is C16H11F3N2O. The van der Waals surface area contributed by atoms with Gasteiger partial charge in [0.05, 0.1) is 23.4 Å². The molecule has 3 nitrogen and oxygen atoms in total. The van der Waals surface area contributed by atoms with Crippen LogP contribution in [0, 0.1) is 11.3 Å². The van der Waals surface area contributed by atoms with E-state index in [0.29, 0.717) is 16.7 Å². The van der Waals surface area contributed by atoms with E-state index in [2.05, 4.69) is 5.16 Å². The van der Waals surface area contributed by atoms with Crippen molar-refractivity contribution in [3.05, 3.63) is 70.8 Å². The number of benzene rings is 2. The van der Waals surface area contributed by atoms with E-state index in [9.17, 15) is 13.2 Å². The summed E-state index contributed by atoms with van der Waals surface area (Å²) in [5, 5.41) is 12.4. The van der Waals surface area contributed by atoms with E-state index in [1.807, 2.05) is 6.07 Å². The summed E-state index contributed by atoms with van der Waals surface area (Å²) in [5.41, 5.74) is 0.807. The van der Waals surface area contributed by atoms with Gasteiger partial charge in [-0.25, -0.2) is 0 Å². The Kier molecular flexibility index (Phi) is 4.79. The lowest BCUT2D eigenvalue weighted by molar-refractivity contribution is -0.137. The van der Waals surface area contributed by atoms with Crippen LogP contribution in [0.25, 0.3) is 0 Å². The van der Waals surface area contributed by atoms with Gasteiger partial charge in [0, 0.05) is 0 Å². The number of rotatable bonds is 4. The predicted molar refractivity (Wildman–Crippen MR) is 75.0 cm³/mol. The van der Waals surface area contributed by atoms with E-state index in [1.54, 1.807) is 24.3 Å². The zero-order valence-corrected chi connectivity index (χ0v) is 11.3. The predicted octanol–water partition coefficient (Wildman–Crippen LogP) is 4.13. The van der Waals surface area contributed by atoms with Crippen LogP contribution in [0.15, 0.2) is 53.7 Å². The largest absolute Gasteiger partial charge is 0.416 e. The van der Waals surface area contributed by atoms with Gasteiger partial charge in [-0.3, -0.25) is 0 Å². The van der Waals surface area contributed by atoms with Gasteiger partial charge in [-0.15, -0.1) is 0 Å². The zero-order chi connectivity index (χ0) is 16.0. The van der Waals surface area contributed by atoms with Crippen LogP contribution in [-0.4, -0.2) is 6.21 Å². The summed E-state index contributed by atoms with van der Waals surface area (Å²) in [4.78, 5) is 4.98. The molecule has 112 valence electrons. The highest BCUT2D eigenvalue weighted by Gasteiger charge is 2.30. The van der Waals surface area contributed by atoms with Crippen molar-refractivity contribution in [2.24, 2.45) is 5.16 Å². The molecule has 0 aliphatic carbocycles. The zero-order valence-electron chi connectivity index (χ0n) is 11.3. The first-order valence-electron chi connectivity index (χ1n) is 6.30. The van der Waals surface area contributed by atoms with Crippen molar-refractivity contribution in [3.63, 3.8) is 0 Å². The number of nitriles is 1. The van der Waals surface area contributed by atoms with E-state index < -0.39 is 11.7 Å². The molecule has 22 heavy (non-hydrogen) atoms. The van der Waals surface area contributed by atoms with Gasteiger partial charge in [-0.1, -0.05) is 29.4 Å². The molecule has 0 fully saturated rings. The molecule has 6 heteroatoms. The average Bonchev–Trinajstić information content (AvgIpc) is 2.51. The second-order valence-electron chi connectivity index (χ2n) is 4.44. The monoisotopic (exact) mass is 304 g/mol. The Bertz CT molecular complexity index is 718. The van der Waals surface area contributed by atoms with Crippen molar-refractivity contribution >= 4 is 6.21 Å². The van der Waals surface area contributed by atoms with Crippen LogP contribution in [0.4, 0.5) is 13.2 Å². The van der Waals surface area contributed by atoms with Crippen molar-refractivity contribution in [2.45, 2.75) is 12.8 Å². The molecule has 0 aromatic heterocycles. The van der Waals surface area contributed by atoms with Gasteiger partial charge in [-0.05, 0) is 35.4 Å². The Morgan fingerprint density at radius 3 is 2.64 bits per heavy atom. The van der Waals surface area contributed by atoms with E-state index >= 15 is 0 Å². The fourth-order valence-electron chi connectivity index (χ4n) is 1.74. The van der Waals surface area contributed by atoms with Crippen LogP contribution in [0.3, 0.4) is 0 Å². The summed E-state index contributed by atoms with van der Waals surface area (Å²) in [6, 6.07) is 13.6. The molecule has 2 aromatic carbocycles. The Morgan fingerprint density at radius 1 is 1.14 bits per heavy atom. The Labute approximate surface area is 125 Å². The normalized spacial score (nSPS) is 11.4. The molecule has 0 amide bonds. The van der Waals surface area contributed by atoms with Crippen LogP contribution in [0.2, 0.25) is 0 Å². The first-order valence-corrected chi connectivity index (χ1v) is 6.30. The third-order valence-corrected chi connectivity index (χ3v) is 2.78. The van der Waals surface area contributed by atoms with Gasteiger partial charge in [0.1, 0.15) is 6.61 Å². The fourth-order valence-corrected chi connectivity index (χ4v) is 1.74. The highest BCUT2D eigenvalue weighted by Crippen LogP contribution is 2.29. The molecule has 0 spiro atoms. The van der Waals surface area contributed by atoms with E-state index in [1.165, 1.54) is 18.3 Å². The second-order valence-corrected chi connectivity index (χ2v) is 4.44. The summed E-state index contributed by atoms with van der Waals surface area (Å²) in [5.74, 6) is 0. The van der Waals surface area contributed by atoms with Gasteiger partial charge in [0.15, 0.2) is 0 Å². The van der Waals surface area contributed by atoms with Gasteiger partial charge in [0.25, 0.3) is 0 Å². The minimum atomic E-state index is -4.38. The minimum absolute atomic E-state index is 0.0711. The number of hydrogen-bond acceptors (Lipinski definition) is 3. The lowest BCUT2D eigenvalue weighted by Crippen LogP contribution is -2.05. The molecule has 0 aliphatic rings. The average molecular weight is 304 g/mol. The smallest absolute Gasteiger partial charge is 0.391 e. The Hall–Kier alpha value is -2.81. The summed E-state index contributed by atoms with van der Waals surface area (Å²) in [6.07, 6.45) is -2.98. The standard InChI is InChI=1S/C16H11F3N2O/c17-16(18,19)15-6-2-5-14(8-15)11-22-21-10-13-4-1-3-12(7-13)9-20/h1-8,10H,11H2. The molecule has 2 aromatic rings. The van der Waals surface area contributed by atoms with Crippen molar-refractivity contribution in [1.82, 2.24) is 0 Å². The summed E-state index contributed by atoms with van der Waals surface area (Å²) >= 11 is 0. The SMILES string of the molecule is N#Cc1cccc(C=NOCc2cccc(C(F)(F)F)c2)c1. The molecule has 0 saturated heterocycles. The van der Waals surface area contributed by atoms with Crippen LogP contribution < -0.4 is 0 Å². The van der Waals surface area contributed by atoms with E-state index in [4.69, 9.17) is 10.1 Å². The Morgan fingerprint density at radius 2 is 1.91 bits per heavy atom. The number of oxime groups is 1. The molecule has 0 N–H and O–H groups in total. The van der Waals surface area contributed by atoms with Crippen LogP contribution in [0.5, 0.6) is 0 Å². The number of alkyl halides is 3. The summed E-state index contributed by atoms with van der Waals surface area (Å²) in [6.45, 7) is -0.0711. The topological polar surface area (TPSA) is 45.4 Å². The first-order chi connectivity index (χ1) is 10.5. The third-order valence-electron chi connectivity index (χ3n) is 2.78. The molecule has 0 heterocycles. The van der Waals surface area contributed by atoms with Gasteiger partial charge >= 0.3 is 6.18 Å².